The quantitative estimate of drug-likeness (QED) is 0.882. The van der Waals surface area contributed by atoms with E-state index in [2.05, 4.69) is 0 Å². The van der Waals surface area contributed by atoms with E-state index in [1.165, 1.54) is 6.07 Å². The van der Waals surface area contributed by atoms with E-state index in [-0.39, 0.29) is 5.56 Å². The Morgan fingerprint density at radius 3 is 3.00 bits per heavy atom. The summed E-state index contributed by atoms with van der Waals surface area (Å²) in [6.45, 7) is 0. The van der Waals surface area contributed by atoms with Crippen molar-refractivity contribution in [2.24, 2.45) is 0 Å². The van der Waals surface area contributed by atoms with Crippen LogP contribution in [0.2, 0.25) is 0 Å². The summed E-state index contributed by atoms with van der Waals surface area (Å²) in [4.78, 5) is 10.8. The average molecular weight is 240 g/mol. The summed E-state index contributed by atoms with van der Waals surface area (Å²) in [5, 5.41) is 8.84. The van der Waals surface area contributed by atoms with E-state index in [0.717, 1.165) is 11.3 Å². The number of benzene rings is 1. The fourth-order valence-electron chi connectivity index (χ4n) is 1.90. The van der Waals surface area contributed by atoms with Gasteiger partial charge in [0.05, 0.1) is 5.56 Å². The van der Waals surface area contributed by atoms with Crippen LogP contribution in [0.4, 0.5) is 4.39 Å². The zero-order chi connectivity index (χ0) is 11.6. The molecule has 2 nitrogen and oxygen atoms in total. The molecular formula is C12H13FO2S. The van der Waals surface area contributed by atoms with Gasteiger partial charge in [0.1, 0.15) is 5.67 Å². The predicted molar refractivity (Wildman–Crippen MR) is 62.9 cm³/mol. The SMILES string of the molecule is O=C(O)c1cccc(CC2(F)CCSC2)c1. The van der Waals surface area contributed by atoms with E-state index >= 15 is 0 Å². The molecule has 1 atom stereocenters. The molecular weight excluding hydrogens is 227 g/mol. The van der Waals surface area contributed by atoms with Gasteiger partial charge in [0.15, 0.2) is 0 Å². The van der Waals surface area contributed by atoms with Gasteiger partial charge < -0.3 is 5.11 Å². The number of halogens is 1. The van der Waals surface area contributed by atoms with Gasteiger partial charge in [-0.25, -0.2) is 9.18 Å². The van der Waals surface area contributed by atoms with Crippen molar-refractivity contribution in [2.45, 2.75) is 18.5 Å². The number of thioether (sulfide) groups is 1. The summed E-state index contributed by atoms with van der Waals surface area (Å²) in [6, 6.07) is 6.55. The monoisotopic (exact) mass is 240 g/mol. The van der Waals surface area contributed by atoms with Crippen molar-refractivity contribution in [3.8, 4) is 0 Å². The zero-order valence-corrected chi connectivity index (χ0v) is 9.60. The molecule has 0 aliphatic carbocycles. The van der Waals surface area contributed by atoms with Gasteiger partial charge in [-0.1, -0.05) is 12.1 Å². The standard InChI is InChI=1S/C12H13FO2S/c13-12(4-5-16-8-12)7-9-2-1-3-10(6-9)11(14)15/h1-3,6H,4-5,7-8H2,(H,14,15). The van der Waals surface area contributed by atoms with E-state index < -0.39 is 11.6 Å². The Kier molecular flexibility index (Phi) is 3.19. The van der Waals surface area contributed by atoms with Crippen molar-refractivity contribution < 1.29 is 14.3 Å². The first-order valence-electron chi connectivity index (χ1n) is 5.18. The van der Waals surface area contributed by atoms with Crippen LogP contribution in [-0.4, -0.2) is 28.3 Å². The second-order valence-corrected chi connectivity index (χ2v) is 5.24. The maximum absolute atomic E-state index is 14.2. The molecule has 1 saturated heterocycles. The largest absolute Gasteiger partial charge is 0.478 e. The molecule has 0 saturated carbocycles. The van der Waals surface area contributed by atoms with E-state index in [0.29, 0.717) is 18.6 Å². The first kappa shape index (κ1) is 11.5. The first-order chi connectivity index (χ1) is 7.59. The molecule has 4 heteroatoms. The van der Waals surface area contributed by atoms with Crippen molar-refractivity contribution in [3.05, 3.63) is 35.4 Å². The van der Waals surface area contributed by atoms with Gasteiger partial charge in [0.25, 0.3) is 0 Å². The molecule has 0 radical (unpaired) electrons. The number of hydrogen-bond donors (Lipinski definition) is 1. The highest BCUT2D eigenvalue weighted by atomic mass is 32.2. The Hall–Kier alpha value is -1.03. The smallest absolute Gasteiger partial charge is 0.335 e. The molecule has 0 amide bonds. The van der Waals surface area contributed by atoms with Gasteiger partial charge in [-0.05, 0) is 29.9 Å². The van der Waals surface area contributed by atoms with Gasteiger partial charge in [0.2, 0.25) is 0 Å². The fraction of sp³-hybridized carbons (Fsp3) is 0.417. The Balaban J connectivity index is 2.15. The van der Waals surface area contributed by atoms with Gasteiger partial charge in [0, 0.05) is 12.2 Å². The maximum Gasteiger partial charge on any atom is 0.335 e. The molecule has 1 aromatic carbocycles. The Bertz CT molecular complexity index is 400. The minimum atomic E-state index is -1.15. The lowest BCUT2D eigenvalue weighted by atomic mass is 9.95. The lowest BCUT2D eigenvalue weighted by Crippen LogP contribution is -2.25. The Morgan fingerprint density at radius 1 is 1.56 bits per heavy atom. The lowest BCUT2D eigenvalue weighted by molar-refractivity contribution is 0.0696. The minimum absolute atomic E-state index is 0.228. The molecule has 1 fully saturated rings. The van der Waals surface area contributed by atoms with Crippen LogP contribution in [0.25, 0.3) is 0 Å². The van der Waals surface area contributed by atoms with Crippen LogP contribution in [0.15, 0.2) is 24.3 Å². The van der Waals surface area contributed by atoms with Crippen LogP contribution >= 0.6 is 11.8 Å². The highest BCUT2D eigenvalue weighted by Gasteiger charge is 2.34. The fourth-order valence-corrected chi connectivity index (χ4v) is 3.17. The van der Waals surface area contributed by atoms with E-state index in [4.69, 9.17) is 5.11 Å². The molecule has 2 rings (SSSR count). The predicted octanol–water partition coefficient (Wildman–Crippen LogP) is 2.77. The topological polar surface area (TPSA) is 37.3 Å². The summed E-state index contributed by atoms with van der Waals surface area (Å²) >= 11 is 1.62. The summed E-state index contributed by atoms with van der Waals surface area (Å²) < 4.78 is 14.2. The number of carboxylic acid groups (broad SMARTS) is 1. The van der Waals surface area contributed by atoms with Crippen molar-refractivity contribution in [1.82, 2.24) is 0 Å². The Labute approximate surface area is 97.9 Å². The zero-order valence-electron chi connectivity index (χ0n) is 8.78. The molecule has 1 aliphatic heterocycles. The second-order valence-electron chi connectivity index (χ2n) is 4.14. The van der Waals surface area contributed by atoms with E-state index in [1.807, 2.05) is 0 Å². The van der Waals surface area contributed by atoms with Gasteiger partial charge >= 0.3 is 5.97 Å². The van der Waals surface area contributed by atoms with E-state index in [1.54, 1.807) is 30.0 Å². The third kappa shape index (κ3) is 2.55. The van der Waals surface area contributed by atoms with Crippen LogP contribution in [0.3, 0.4) is 0 Å². The van der Waals surface area contributed by atoms with Gasteiger partial charge in [-0.3, -0.25) is 0 Å². The molecule has 86 valence electrons. The van der Waals surface area contributed by atoms with Gasteiger partial charge in [-0.2, -0.15) is 11.8 Å². The average Bonchev–Trinajstić information content (AvgIpc) is 2.65. The summed E-state index contributed by atoms with van der Waals surface area (Å²) in [5.74, 6) is 0.412. The molecule has 0 bridgehead atoms. The third-order valence-corrected chi connectivity index (χ3v) is 3.96. The molecule has 1 N–H and O–H groups in total. The number of hydrogen-bond acceptors (Lipinski definition) is 2. The van der Waals surface area contributed by atoms with Crippen LogP contribution < -0.4 is 0 Å². The Morgan fingerprint density at radius 2 is 2.38 bits per heavy atom. The summed E-state index contributed by atoms with van der Waals surface area (Å²) in [6.07, 6.45) is 0.885. The molecule has 0 aromatic heterocycles. The summed E-state index contributed by atoms with van der Waals surface area (Å²) in [7, 11) is 0. The van der Waals surface area contributed by atoms with Crippen molar-refractivity contribution in [1.29, 1.82) is 0 Å². The summed E-state index contributed by atoms with van der Waals surface area (Å²) in [5.41, 5.74) is -0.154. The van der Waals surface area contributed by atoms with Gasteiger partial charge in [-0.15, -0.1) is 0 Å². The first-order valence-corrected chi connectivity index (χ1v) is 6.33. The molecule has 0 spiro atoms. The minimum Gasteiger partial charge on any atom is -0.478 e. The van der Waals surface area contributed by atoms with Crippen LogP contribution in [0, 0.1) is 0 Å². The van der Waals surface area contributed by atoms with Crippen LogP contribution in [0.1, 0.15) is 22.3 Å². The number of carbonyl (C=O) groups is 1. The number of aromatic carboxylic acids is 1. The number of alkyl halides is 1. The molecule has 1 aromatic rings. The normalized spacial score (nSPS) is 24.6. The molecule has 1 heterocycles. The third-order valence-electron chi connectivity index (χ3n) is 2.75. The maximum atomic E-state index is 14.2. The second kappa shape index (κ2) is 4.45. The van der Waals surface area contributed by atoms with Crippen molar-refractivity contribution in [2.75, 3.05) is 11.5 Å². The van der Waals surface area contributed by atoms with Crippen molar-refractivity contribution in [3.63, 3.8) is 0 Å². The van der Waals surface area contributed by atoms with Crippen molar-refractivity contribution >= 4 is 17.7 Å². The number of carboxylic acids is 1. The number of rotatable bonds is 3. The highest BCUT2D eigenvalue weighted by molar-refractivity contribution is 7.99. The lowest BCUT2D eigenvalue weighted by Gasteiger charge is -2.18. The molecule has 1 unspecified atom stereocenters. The van der Waals surface area contributed by atoms with E-state index in [9.17, 15) is 9.18 Å². The molecule has 1 aliphatic rings. The molecule has 16 heavy (non-hydrogen) atoms. The van der Waals surface area contributed by atoms with Crippen LogP contribution in [0.5, 0.6) is 0 Å². The highest BCUT2D eigenvalue weighted by Crippen LogP contribution is 2.34. The van der Waals surface area contributed by atoms with Crippen LogP contribution in [-0.2, 0) is 6.42 Å².